The molecule has 0 radical (unpaired) electrons. The van der Waals surface area contributed by atoms with Gasteiger partial charge in [0.15, 0.2) is 0 Å². The summed E-state index contributed by atoms with van der Waals surface area (Å²) in [4.78, 5) is 21.1. The van der Waals surface area contributed by atoms with Crippen LogP contribution in [0.4, 0.5) is 0 Å². The van der Waals surface area contributed by atoms with Crippen molar-refractivity contribution in [3.8, 4) is 0 Å². The Balaban J connectivity index is 1.76. The maximum atomic E-state index is 12.6. The van der Waals surface area contributed by atoms with Crippen LogP contribution in [0, 0.1) is 6.92 Å². The van der Waals surface area contributed by atoms with Crippen LogP contribution >= 0.6 is 11.3 Å². The van der Waals surface area contributed by atoms with Gasteiger partial charge >= 0.3 is 0 Å². The molecule has 0 bridgehead atoms. The predicted octanol–water partition coefficient (Wildman–Crippen LogP) is 4.38. The van der Waals surface area contributed by atoms with E-state index in [4.69, 9.17) is 4.98 Å². The van der Waals surface area contributed by atoms with Crippen LogP contribution in [0.2, 0.25) is 0 Å². The van der Waals surface area contributed by atoms with E-state index in [1.807, 2.05) is 11.0 Å². The molecule has 4 heteroatoms. The van der Waals surface area contributed by atoms with E-state index in [9.17, 15) is 4.79 Å². The molecule has 0 atom stereocenters. The number of aromatic nitrogens is 1. The van der Waals surface area contributed by atoms with Crippen LogP contribution in [0.25, 0.3) is 21.1 Å². The predicted molar refractivity (Wildman–Crippen MR) is 91.6 cm³/mol. The second kappa shape index (κ2) is 5.36. The van der Waals surface area contributed by atoms with Gasteiger partial charge in [0.2, 0.25) is 0 Å². The third-order valence-corrected chi connectivity index (χ3v) is 5.35. The molecule has 1 aromatic carbocycles. The molecule has 1 amide bonds. The van der Waals surface area contributed by atoms with E-state index >= 15 is 0 Å². The van der Waals surface area contributed by atoms with Gasteiger partial charge in [-0.25, -0.2) is 4.98 Å². The van der Waals surface area contributed by atoms with Crippen LogP contribution < -0.4 is 0 Å². The molecule has 4 rings (SSSR count). The average Bonchev–Trinajstić information content (AvgIpc) is 2.95. The molecule has 0 aliphatic carbocycles. The number of hydrogen-bond acceptors (Lipinski definition) is 3. The van der Waals surface area contributed by atoms with Crippen molar-refractivity contribution in [2.45, 2.75) is 26.2 Å². The van der Waals surface area contributed by atoms with Crippen LogP contribution in [-0.2, 0) is 0 Å². The Morgan fingerprint density at radius 2 is 1.91 bits per heavy atom. The summed E-state index contributed by atoms with van der Waals surface area (Å²) in [5, 5.41) is 2.20. The molecule has 1 aliphatic heterocycles. The number of amides is 1. The SMILES string of the molecule is Cc1ccc2cc3cc(C(=O)N4CCCCC4)sc3nc2c1. The van der Waals surface area contributed by atoms with Crippen LogP contribution in [0.5, 0.6) is 0 Å². The van der Waals surface area contributed by atoms with Gasteiger partial charge in [0.05, 0.1) is 10.4 Å². The van der Waals surface area contributed by atoms with Crippen molar-refractivity contribution in [3.63, 3.8) is 0 Å². The van der Waals surface area contributed by atoms with Crippen LogP contribution in [-0.4, -0.2) is 28.9 Å². The van der Waals surface area contributed by atoms with E-state index in [-0.39, 0.29) is 5.91 Å². The fourth-order valence-corrected chi connectivity index (χ4v) is 4.08. The third kappa shape index (κ3) is 2.37. The number of aryl methyl sites for hydroxylation is 1. The summed E-state index contributed by atoms with van der Waals surface area (Å²) in [5.41, 5.74) is 2.21. The van der Waals surface area contributed by atoms with Gasteiger partial charge in [0.25, 0.3) is 5.91 Å². The highest BCUT2D eigenvalue weighted by Crippen LogP contribution is 2.29. The van der Waals surface area contributed by atoms with E-state index in [0.717, 1.165) is 51.9 Å². The van der Waals surface area contributed by atoms with Crippen molar-refractivity contribution >= 4 is 38.4 Å². The summed E-state index contributed by atoms with van der Waals surface area (Å²) >= 11 is 1.52. The summed E-state index contributed by atoms with van der Waals surface area (Å²) in [5.74, 6) is 0.169. The highest BCUT2D eigenvalue weighted by Gasteiger charge is 2.20. The minimum atomic E-state index is 0.169. The van der Waals surface area contributed by atoms with Crippen LogP contribution in [0.15, 0.2) is 30.3 Å². The topological polar surface area (TPSA) is 33.2 Å². The number of hydrogen-bond donors (Lipinski definition) is 0. The van der Waals surface area contributed by atoms with Crippen molar-refractivity contribution in [2.75, 3.05) is 13.1 Å². The number of piperidine rings is 1. The number of pyridine rings is 1. The van der Waals surface area contributed by atoms with Crippen molar-refractivity contribution in [1.82, 2.24) is 9.88 Å². The van der Waals surface area contributed by atoms with Crippen molar-refractivity contribution < 1.29 is 4.79 Å². The molecule has 0 N–H and O–H groups in total. The van der Waals surface area contributed by atoms with Crippen molar-refractivity contribution in [1.29, 1.82) is 0 Å². The first-order valence-corrected chi connectivity index (χ1v) is 8.62. The Kier molecular flexibility index (Phi) is 3.34. The van der Waals surface area contributed by atoms with Gasteiger partial charge in [-0.3, -0.25) is 4.79 Å². The Morgan fingerprint density at radius 1 is 1.09 bits per heavy atom. The fourth-order valence-electron chi connectivity index (χ4n) is 3.09. The molecule has 0 unspecified atom stereocenters. The largest absolute Gasteiger partial charge is 0.338 e. The molecule has 3 nitrogen and oxygen atoms in total. The maximum Gasteiger partial charge on any atom is 0.264 e. The number of benzene rings is 1. The lowest BCUT2D eigenvalue weighted by molar-refractivity contribution is 0.0729. The summed E-state index contributed by atoms with van der Waals surface area (Å²) in [6, 6.07) is 10.4. The van der Waals surface area contributed by atoms with Gasteiger partial charge in [-0.2, -0.15) is 0 Å². The normalized spacial score (nSPS) is 15.6. The molecule has 3 aromatic rings. The zero-order valence-corrected chi connectivity index (χ0v) is 13.4. The zero-order chi connectivity index (χ0) is 15.1. The van der Waals surface area contributed by atoms with Gasteiger partial charge in [-0.05, 0) is 49.9 Å². The summed E-state index contributed by atoms with van der Waals surface area (Å²) < 4.78 is 0. The summed E-state index contributed by atoms with van der Waals surface area (Å²) in [6.07, 6.45) is 3.48. The van der Waals surface area contributed by atoms with E-state index in [0.29, 0.717) is 0 Å². The van der Waals surface area contributed by atoms with Crippen molar-refractivity contribution in [2.24, 2.45) is 0 Å². The molecule has 0 saturated carbocycles. The number of thiophene rings is 1. The highest BCUT2D eigenvalue weighted by molar-refractivity contribution is 7.20. The Bertz CT molecular complexity index is 862. The number of rotatable bonds is 1. The number of carbonyl (C=O) groups is 1. The van der Waals surface area contributed by atoms with E-state index in [1.54, 1.807) is 0 Å². The molecule has 112 valence electrons. The van der Waals surface area contributed by atoms with E-state index < -0.39 is 0 Å². The molecule has 0 spiro atoms. The molecule has 3 heterocycles. The second-order valence-corrected chi connectivity index (χ2v) is 7.07. The molecular weight excluding hydrogens is 292 g/mol. The van der Waals surface area contributed by atoms with Crippen LogP contribution in [0.1, 0.15) is 34.5 Å². The summed E-state index contributed by atoms with van der Waals surface area (Å²) in [6.45, 7) is 3.86. The Morgan fingerprint density at radius 3 is 2.73 bits per heavy atom. The van der Waals surface area contributed by atoms with E-state index in [1.165, 1.54) is 23.3 Å². The maximum absolute atomic E-state index is 12.6. The second-order valence-electron chi connectivity index (χ2n) is 6.04. The number of likely N-dealkylation sites (tertiary alicyclic amines) is 1. The highest BCUT2D eigenvalue weighted by atomic mass is 32.1. The van der Waals surface area contributed by atoms with Gasteiger partial charge in [-0.15, -0.1) is 11.3 Å². The smallest absolute Gasteiger partial charge is 0.264 e. The molecule has 1 fully saturated rings. The first-order chi connectivity index (χ1) is 10.7. The molecule has 22 heavy (non-hydrogen) atoms. The van der Waals surface area contributed by atoms with Crippen LogP contribution in [0.3, 0.4) is 0 Å². The minimum absolute atomic E-state index is 0.169. The minimum Gasteiger partial charge on any atom is -0.338 e. The lowest BCUT2D eigenvalue weighted by atomic mass is 10.1. The first-order valence-electron chi connectivity index (χ1n) is 7.81. The quantitative estimate of drug-likeness (QED) is 0.668. The molecule has 2 aromatic heterocycles. The molecular formula is C18H18N2OS. The van der Waals surface area contributed by atoms with Gasteiger partial charge in [0, 0.05) is 23.9 Å². The van der Waals surface area contributed by atoms with Gasteiger partial charge in [0.1, 0.15) is 4.83 Å². The lowest BCUT2D eigenvalue weighted by Crippen LogP contribution is -2.35. The van der Waals surface area contributed by atoms with Gasteiger partial charge in [-0.1, -0.05) is 12.1 Å². The van der Waals surface area contributed by atoms with Gasteiger partial charge < -0.3 is 4.90 Å². The van der Waals surface area contributed by atoms with E-state index in [2.05, 4.69) is 31.2 Å². The monoisotopic (exact) mass is 310 g/mol. The molecule has 1 saturated heterocycles. The average molecular weight is 310 g/mol. The lowest BCUT2D eigenvalue weighted by Gasteiger charge is -2.26. The number of nitrogens with zero attached hydrogens (tertiary/aromatic N) is 2. The summed E-state index contributed by atoms with van der Waals surface area (Å²) in [7, 11) is 0. The third-order valence-electron chi connectivity index (χ3n) is 4.31. The zero-order valence-electron chi connectivity index (χ0n) is 12.6. The Hall–Kier alpha value is -1.94. The fraction of sp³-hybridized carbons (Fsp3) is 0.333. The Labute approximate surface area is 133 Å². The standard InChI is InChI=1S/C18H18N2OS/c1-12-5-6-13-10-14-11-16(22-17(14)19-15(13)9-12)18(21)20-7-3-2-4-8-20/h5-6,9-11H,2-4,7-8H2,1H3. The van der Waals surface area contributed by atoms with Crippen molar-refractivity contribution in [3.05, 3.63) is 40.8 Å². The number of carbonyl (C=O) groups excluding carboxylic acids is 1. The number of fused-ring (bicyclic) bond motifs is 2. The molecule has 1 aliphatic rings. The first kappa shape index (κ1) is 13.7.